The summed E-state index contributed by atoms with van der Waals surface area (Å²) < 4.78 is 32.5. The van der Waals surface area contributed by atoms with Crippen molar-refractivity contribution in [3.8, 4) is 0 Å². The van der Waals surface area contributed by atoms with Crippen molar-refractivity contribution in [2.75, 3.05) is 42.7 Å². The van der Waals surface area contributed by atoms with E-state index in [0.29, 0.717) is 0 Å². The average Bonchev–Trinajstić information content (AvgIpc) is 2.55. The van der Waals surface area contributed by atoms with Crippen molar-refractivity contribution >= 4 is 33.4 Å². The molecule has 0 radical (unpaired) electrons. The molecule has 21 heavy (non-hydrogen) atoms. The Labute approximate surface area is 138 Å². The van der Waals surface area contributed by atoms with Gasteiger partial charge in [-0.2, -0.15) is 0 Å². The van der Waals surface area contributed by atoms with Crippen molar-refractivity contribution in [2.24, 2.45) is 0 Å². The first-order valence-electron chi connectivity index (χ1n) is 7.09. The summed E-state index contributed by atoms with van der Waals surface area (Å²) in [5, 5.41) is 2.54. The Bertz CT molecular complexity index is 211. The van der Waals surface area contributed by atoms with Crippen molar-refractivity contribution in [3.63, 3.8) is 0 Å². The van der Waals surface area contributed by atoms with Gasteiger partial charge < -0.3 is 0 Å². The molecule has 0 bridgehead atoms. The molecule has 0 saturated heterocycles. The summed E-state index contributed by atoms with van der Waals surface area (Å²) >= 11 is 0.0617. The van der Waals surface area contributed by atoms with Gasteiger partial charge in [-0.25, -0.2) is 0 Å². The Balaban J connectivity index is 3.78. The summed E-state index contributed by atoms with van der Waals surface area (Å²) in [5.74, 6) is 0. The quantitative estimate of drug-likeness (QED) is 0.326. The fourth-order valence-corrected chi connectivity index (χ4v) is 9.34. The predicted molar refractivity (Wildman–Crippen MR) is 89.2 cm³/mol. The van der Waals surface area contributed by atoms with Crippen LogP contribution in [0.3, 0.4) is 0 Å². The molecule has 0 unspecified atom stereocenters. The molecule has 0 aliphatic heterocycles. The van der Waals surface area contributed by atoms with E-state index in [1.165, 1.54) is 10.4 Å². The van der Waals surface area contributed by atoms with Crippen molar-refractivity contribution in [3.05, 3.63) is 0 Å². The van der Waals surface area contributed by atoms with Crippen LogP contribution in [0.4, 0.5) is 0 Å². The topological polar surface area (TPSA) is 55.4 Å². The third kappa shape index (κ3) is 7.72. The molecule has 0 spiro atoms. The molecule has 128 valence electrons. The Kier molecular flexibility index (Phi) is 12.6. The fraction of sp³-hybridized carbons (Fsp3) is 1.00. The van der Waals surface area contributed by atoms with E-state index in [1.54, 1.807) is 42.7 Å². The maximum atomic E-state index is 5.42. The van der Waals surface area contributed by atoms with Crippen LogP contribution in [0.5, 0.6) is 0 Å². The van der Waals surface area contributed by atoms with Gasteiger partial charge in [0.2, 0.25) is 0 Å². The summed E-state index contributed by atoms with van der Waals surface area (Å²) in [6, 6.07) is 1.79. The van der Waals surface area contributed by atoms with Gasteiger partial charge in [-0.15, -0.1) is 0 Å². The molecular formula is C12H31AsO6Si2. The number of hydrogen-bond donors (Lipinski definition) is 0. The molecule has 0 amide bonds. The monoisotopic (exact) mass is 402 g/mol. The third-order valence-electron chi connectivity index (χ3n) is 3.54. The zero-order valence-electron chi connectivity index (χ0n) is 14.2. The van der Waals surface area contributed by atoms with Gasteiger partial charge in [0, 0.05) is 0 Å². The minimum absolute atomic E-state index is 0.0617. The SMILES string of the molecule is CO[Si](CCC[AsH]CCC[Si](OC)(OC)OC)(OC)OC. The Morgan fingerprint density at radius 3 is 1.10 bits per heavy atom. The normalized spacial score (nSPS) is 12.9. The zero-order chi connectivity index (χ0) is 16.2. The minimum atomic E-state index is -2.37. The van der Waals surface area contributed by atoms with E-state index in [1.807, 2.05) is 0 Å². The van der Waals surface area contributed by atoms with Crippen LogP contribution in [-0.4, -0.2) is 76.0 Å². The maximum absolute atomic E-state index is 5.42. The second-order valence-corrected chi connectivity index (χ2v) is 13.9. The summed E-state index contributed by atoms with van der Waals surface area (Å²) in [4.78, 5) is 0. The van der Waals surface area contributed by atoms with Crippen LogP contribution in [-0.2, 0) is 26.6 Å². The second kappa shape index (κ2) is 12.2. The van der Waals surface area contributed by atoms with Gasteiger partial charge in [0.05, 0.1) is 0 Å². The molecule has 0 aliphatic carbocycles. The van der Waals surface area contributed by atoms with Crippen molar-refractivity contribution in [1.82, 2.24) is 0 Å². The van der Waals surface area contributed by atoms with Crippen molar-refractivity contribution in [2.45, 2.75) is 35.3 Å². The van der Waals surface area contributed by atoms with Crippen LogP contribution in [0, 0.1) is 0 Å². The molecule has 0 aliphatic rings. The molecule has 0 aromatic rings. The molecule has 6 nitrogen and oxygen atoms in total. The van der Waals surface area contributed by atoms with Crippen LogP contribution in [0.2, 0.25) is 22.5 Å². The molecule has 0 atom stereocenters. The van der Waals surface area contributed by atoms with Crippen LogP contribution in [0.1, 0.15) is 12.8 Å². The van der Waals surface area contributed by atoms with E-state index in [9.17, 15) is 0 Å². The summed E-state index contributed by atoms with van der Waals surface area (Å²) in [6.45, 7) is 0. The Hall–Kier alpha value is 0.752. The molecule has 0 rings (SSSR count). The number of rotatable bonds is 14. The zero-order valence-corrected chi connectivity index (χ0v) is 18.3. The molecule has 0 N–H and O–H groups in total. The standard InChI is InChI=1S/C12H31AsO6Si2/c1-14-20(15-2,16-3)11-7-9-13-10-8-12-21(17-4,18-5)19-6/h13H,7-12H2,1-6H3. The third-order valence-corrected chi connectivity index (χ3v) is 12.2. The molecule has 0 aromatic heterocycles. The van der Waals surface area contributed by atoms with Crippen LogP contribution in [0.25, 0.3) is 0 Å². The summed E-state index contributed by atoms with van der Waals surface area (Å²) in [5.41, 5.74) is 0. The first-order valence-corrected chi connectivity index (χ1v) is 13.9. The van der Waals surface area contributed by atoms with Gasteiger partial charge >= 0.3 is 138 Å². The number of hydrogen-bond acceptors (Lipinski definition) is 6. The molecule has 0 aromatic carbocycles. The van der Waals surface area contributed by atoms with Crippen LogP contribution < -0.4 is 0 Å². The van der Waals surface area contributed by atoms with Crippen molar-refractivity contribution in [1.29, 1.82) is 0 Å². The summed E-state index contributed by atoms with van der Waals surface area (Å²) in [7, 11) is 5.27. The molecular weight excluding hydrogens is 371 g/mol. The van der Waals surface area contributed by atoms with Gasteiger partial charge in [-0.3, -0.25) is 0 Å². The van der Waals surface area contributed by atoms with Gasteiger partial charge in [-0.05, 0) is 0 Å². The second-order valence-electron chi connectivity index (χ2n) is 4.55. The van der Waals surface area contributed by atoms with E-state index < -0.39 is 17.6 Å². The van der Waals surface area contributed by atoms with Gasteiger partial charge in [0.1, 0.15) is 0 Å². The van der Waals surface area contributed by atoms with E-state index in [2.05, 4.69) is 0 Å². The Morgan fingerprint density at radius 2 is 0.857 bits per heavy atom. The summed E-state index contributed by atoms with van der Waals surface area (Å²) in [6.07, 6.45) is 2.23. The first kappa shape index (κ1) is 21.8. The average molecular weight is 402 g/mol. The predicted octanol–water partition coefficient (Wildman–Crippen LogP) is 1.80. The molecule has 0 heterocycles. The fourth-order valence-electron chi connectivity index (χ4n) is 2.10. The molecule has 9 heteroatoms. The first-order chi connectivity index (χ1) is 10.1. The van der Waals surface area contributed by atoms with Gasteiger partial charge in [0.25, 0.3) is 0 Å². The van der Waals surface area contributed by atoms with Gasteiger partial charge in [0.15, 0.2) is 0 Å². The van der Waals surface area contributed by atoms with E-state index >= 15 is 0 Å². The van der Waals surface area contributed by atoms with Crippen molar-refractivity contribution < 1.29 is 26.6 Å². The molecule has 0 fully saturated rings. The van der Waals surface area contributed by atoms with E-state index in [4.69, 9.17) is 26.6 Å². The Morgan fingerprint density at radius 1 is 0.571 bits per heavy atom. The van der Waals surface area contributed by atoms with E-state index in [0.717, 1.165) is 24.9 Å². The van der Waals surface area contributed by atoms with Crippen LogP contribution >= 0.6 is 0 Å². The van der Waals surface area contributed by atoms with Crippen LogP contribution in [0.15, 0.2) is 0 Å². The van der Waals surface area contributed by atoms with Gasteiger partial charge in [-0.1, -0.05) is 0 Å². The van der Waals surface area contributed by atoms with E-state index in [-0.39, 0.29) is 15.8 Å². The molecule has 0 saturated carbocycles.